The quantitative estimate of drug-likeness (QED) is 0.366. The maximum Gasteiger partial charge on any atom is 0.213 e. The summed E-state index contributed by atoms with van der Waals surface area (Å²) in [6, 6.07) is 18.3. The number of methoxy groups -OCH3 is 1. The number of fused-ring (bicyclic) bond motifs is 3. The average molecular weight is 504 g/mol. The molecular weight excluding hydrogens is 484 g/mol. The second-order valence-corrected chi connectivity index (χ2v) is 8.63. The number of ether oxygens (including phenoxy) is 1. The minimum absolute atomic E-state index is 0.473. The number of hydrogen-bond acceptors (Lipinski definition) is 3. The molecular formula is C22H20Br2N2O2. The van der Waals surface area contributed by atoms with Gasteiger partial charge in [-0.3, -0.25) is 0 Å². The second-order valence-electron chi connectivity index (χ2n) is 6.80. The number of rotatable bonds is 6. The van der Waals surface area contributed by atoms with Crippen LogP contribution in [0.5, 0.6) is 5.88 Å². The van der Waals surface area contributed by atoms with Gasteiger partial charge in [0.25, 0.3) is 0 Å². The molecule has 0 aliphatic heterocycles. The summed E-state index contributed by atoms with van der Waals surface area (Å²) < 4.78 is 9.47. The molecule has 1 N–H and O–H groups in total. The fraction of sp³-hybridized carbons (Fsp3) is 0.227. The molecule has 28 heavy (non-hydrogen) atoms. The minimum atomic E-state index is -0.473. The van der Waals surface area contributed by atoms with Crippen molar-refractivity contribution in [1.82, 2.24) is 9.55 Å². The van der Waals surface area contributed by atoms with E-state index < -0.39 is 6.10 Å². The molecule has 0 radical (unpaired) electrons. The van der Waals surface area contributed by atoms with E-state index in [0.29, 0.717) is 25.3 Å². The molecule has 2 aromatic heterocycles. The van der Waals surface area contributed by atoms with Gasteiger partial charge in [-0.1, -0.05) is 37.9 Å². The Morgan fingerprint density at radius 3 is 2.25 bits per heavy atom. The van der Waals surface area contributed by atoms with Crippen molar-refractivity contribution >= 4 is 53.7 Å². The molecule has 4 rings (SSSR count). The first-order chi connectivity index (χ1) is 13.5. The minimum Gasteiger partial charge on any atom is -0.481 e. The Hall–Kier alpha value is -1.89. The summed E-state index contributed by atoms with van der Waals surface area (Å²) in [6.45, 7) is 0.535. The molecule has 0 saturated carbocycles. The third-order valence-corrected chi connectivity index (χ3v) is 5.89. The van der Waals surface area contributed by atoms with E-state index in [2.05, 4.69) is 65.7 Å². The van der Waals surface area contributed by atoms with Gasteiger partial charge in [0.1, 0.15) is 0 Å². The lowest BCUT2D eigenvalue weighted by molar-refractivity contribution is 0.147. The molecule has 1 unspecified atom stereocenters. The van der Waals surface area contributed by atoms with Crippen LogP contribution in [0.15, 0.2) is 63.5 Å². The van der Waals surface area contributed by atoms with E-state index in [0.717, 1.165) is 25.7 Å². The number of aliphatic hydroxyl groups excluding tert-OH is 1. The van der Waals surface area contributed by atoms with Gasteiger partial charge in [0, 0.05) is 49.1 Å². The van der Waals surface area contributed by atoms with Gasteiger partial charge in [0.2, 0.25) is 5.88 Å². The molecule has 144 valence electrons. The van der Waals surface area contributed by atoms with Crippen LogP contribution in [0.25, 0.3) is 21.8 Å². The van der Waals surface area contributed by atoms with E-state index in [1.807, 2.05) is 30.3 Å². The van der Waals surface area contributed by atoms with E-state index in [1.165, 1.54) is 10.8 Å². The van der Waals surface area contributed by atoms with Gasteiger partial charge in [-0.15, -0.1) is 0 Å². The number of aromatic nitrogens is 2. The van der Waals surface area contributed by atoms with Crippen LogP contribution in [0.4, 0.5) is 0 Å². The molecule has 1 atom stereocenters. The normalized spacial score (nSPS) is 12.6. The Kier molecular flexibility index (Phi) is 5.71. The lowest BCUT2D eigenvalue weighted by Gasteiger charge is -2.14. The Balaban J connectivity index is 1.61. The summed E-state index contributed by atoms with van der Waals surface area (Å²) in [5, 5.41) is 13.1. The van der Waals surface area contributed by atoms with Gasteiger partial charge >= 0.3 is 0 Å². The van der Waals surface area contributed by atoms with Gasteiger partial charge in [0.05, 0.1) is 13.2 Å². The molecule has 2 aromatic carbocycles. The molecule has 2 heterocycles. The highest BCUT2D eigenvalue weighted by Gasteiger charge is 2.15. The molecule has 0 aliphatic carbocycles. The van der Waals surface area contributed by atoms with Gasteiger partial charge in [0.15, 0.2) is 0 Å². The molecule has 4 aromatic rings. The highest BCUT2D eigenvalue weighted by Crippen LogP contribution is 2.33. The maximum absolute atomic E-state index is 10.7. The fourth-order valence-electron chi connectivity index (χ4n) is 3.57. The Morgan fingerprint density at radius 1 is 1.00 bits per heavy atom. The molecule has 6 heteroatoms. The lowest BCUT2D eigenvalue weighted by atomic mass is 10.1. The first-order valence-corrected chi connectivity index (χ1v) is 10.7. The van der Waals surface area contributed by atoms with Gasteiger partial charge < -0.3 is 14.4 Å². The molecule has 4 nitrogen and oxygen atoms in total. The zero-order chi connectivity index (χ0) is 19.7. The SMILES string of the molecule is COc1cccc(CCC(O)Cn2c3ccc(Br)cc3c3cc(Br)ccc32)n1. The van der Waals surface area contributed by atoms with E-state index in [4.69, 9.17) is 4.74 Å². The third-order valence-electron chi connectivity index (χ3n) is 4.91. The van der Waals surface area contributed by atoms with E-state index in [9.17, 15) is 5.11 Å². The molecule has 0 aliphatic rings. The number of aryl methyl sites for hydroxylation is 1. The highest BCUT2D eigenvalue weighted by atomic mass is 79.9. The van der Waals surface area contributed by atoms with Crippen LogP contribution < -0.4 is 4.74 Å². The van der Waals surface area contributed by atoms with Crippen LogP contribution in [0.2, 0.25) is 0 Å². The first-order valence-electron chi connectivity index (χ1n) is 9.10. The largest absolute Gasteiger partial charge is 0.481 e. The molecule has 0 amide bonds. The molecule has 0 spiro atoms. The van der Waals surface area contributed by atoms with E-state index in [-0.39, 0.29) is 0 Å². The van der Waals surface area contributed by atoms with E-state index >= 15 is 0 Å². The highest BCUT2D eigenvalue weighted by molar-refractivity contribution is 9.10. The van der Waals surface area contributed by atoms with Crippen LogP contribution in [0.1, 0.15) is 12.1 Å². The summed E-state index contributed by atoms with van der Waals surface area (Å²) >= 11 is 7.14. The van der Waals surface area contributed by atoms with Crippen molar-refractivity contribution in [2.24, 2.45) is 0 Å². The number of pyridine rings is 1. The lowest BCUT2D eigenvalue weighted by Crippen LogP contribution is -2.17. The number of halogens is 2. The van der Waals surface area contributed by atoms with Gasteiger partial charge in [-0.05, 0) is 55.3 Å². The van der Waals surface area contributed by atoms with Crippen molar-refractivity contribution in [3.8, 4) is 5.88 Å². The standard InChI is InChI=1S/C22H20Br2N2O2/c1-28-22-4-2-3-16(25-22)7-8-17(27)13-26-20-9-5-14(23)11-18(20)19-12-15(24)6-10-21(19)26/h2-6,9-12,17,27H,7-8,13H2,1H3. The number of nitrogens with zero attached hydrogens (tertiary/aromatic N) is 2. The summed E-state index contributed by atoms with van der Waals surface area (Å²) in [6.07, 6.45) is 0.861. The van der Waals surface area contributed by atoms with Crippen molar-refractivity contribution in [2.45, 2.75) is 25.5 Å². The van der Waals surface area contributed by atoms with Crippen LogP contribution >= 0.6 is 31.9 Å². The van der Waals surface area contributed by atoms with Crippen molar-refractivity contribution in [3.05, 3.63) is 69.2 Å². The van der Waals surface area contributed by atoms with Crippen molar-refractivity contribution in [2.75, 3.05) is 7.11 Å². The predicted octanol–water partition coefficient (Wildman–Crippen LogP) is 5.72. The molecule has 0 saturated heterocycles. The summed E-state index contributed by atoms with van der Waals surface area (Å²) in [4.78, 5) is 4.43. The zero-order valence-electron chi connectivity index (χ0n) is 15.4. The third kappa shape index (κ3) is 3.95. The van der Waals surface area contributed by atoms with Crippen LogP contribution in [0.3, 0.4) is 0 Å². The number of benzene rings is 2. The van der Waals surface area contributed by atoms with Crippen LogP contribution in [0, 0.1) is 0 Å². The second kappa shape index (κ2) is 8.23. The Bertz CT molecular complexity index is 1080. The monoisotopic (exact) mass is 502 g/mol. The summed E-state index contributed by atoms with van der Waals surface area (Å²) in [5.74, 6) is 0.602. The van der Waals surface area contributed by atoms with Crippen LogP contribution in [-0.4, -0.2) is 27.9 Å². The molecule has 0 fully saturated rings. The summed E-state index contributed by atoms with van der Waals surface area (Å²) in [5.41, 5.74) is 3.16. The van der Waals surface area contributed by atoms with Crippen molar-refractivity contribution < 1.29 is 9.84 Å². The smallest absolute Gasteiger partial charge is 0.213 e. The zero-order valence-corrected chi connectivity index (χ0v) is 18.6. The average Bonchev–Trinajstić information content (AvgIpc) is 2.99. The van der Waals surface area contributed by atoms with Crippen molar-refractivity contribution in [3.63, 3.8) is 0 Å². The Labute approximate surface area is 180 Å². The van der Waals surface area contributed by atoms with Crippen molar-refractivity contribution in [1.29, 1.82) is 0 Å². The molecule has 0 bridgehead atoms. The summed E-state index contributed by atoms with van der Waals surface area (Å²) in [7, 11) is 1.61. The van der Waals surface area contributed by atoms with Gasteiger partial charge in [-0.2, -0.15) is 0 Å². The topological polar surface area (TPSA) is 47.3 Å². The Morgan fingerprint density at radius 2 is 1.64 bits per heavy atom. The number of aliphatic hydroxyl groups is 1. The maximum atomic E-state index is 10.7. The fourth-order valence-corrected chi connectivity index (χ4v) is 4.29. The number of hydrogen-bond donors (Lipinski definition) is 1. The first kappa shape index (κ1) is 19.4. The van der Waals surface area contributed by atoms with Crippen LogP contribution in [-0.2, 0) is 13.0 Å². The van der Waals surface area contributed by atoms with Gasteiger partial charge in [-0.25, -0.2) is 4.98 Å². The predicted molar refractivity (Wildman–Crippen MR) is 120 cm³/mol. The van der Waals surface area contributed by atoms with E-state index in [1.54, 1.807) is 7.11 Å².